The number of carbonyl (C=O) groups is 3. The molecule has 6 nitrogen and oxygen atoms in total. The molecule has 1 aliphatic heterocycles. The van der Waals surface area contributed by atoms with Crippen molar-refractivity contribution in [3.63, 3.8) is 0 Å². The molecule has 0 unspecified atom stereocenters. The Labute approximate surface area is 178 Å². The van der Waals surface area contributed by atoms with E-state index in [4.69, 9.17) is 0 Å². The molecular weight excluding hydrogens is 414 g/mol. The zero-order valence-corrected chi connectivity index (χ0v) is 17.3. The lowest BCUT2D eigenvalue weighted by molar-refractivity contribution is -0.124. The molecule has 1 aromatic rings. The molecule has 0 spiro atoms. The van der Waals surface area contributed by atoms with E-state index in [1.165, 1.54) is 56.0 Å². The molecule has 1 N–H and O–H groups in total. The molecule has 1 aromatic carbocycles. The van der Waals surface area contributed by atoms with Crippen LogP contribution in [0.3, 0.4) is 0 Å². The van der Waals surface area contributed by atoms with Gasteiger partial charge in [0.1, 0.15) is 5.75 Å². The summed E-state index contributed by atoms with van der Waals surface area (Å²) in [5, 5.41) is 2.37. The number of nitrogens with one attached hydrogen (secondary N) is 1. The molecule has 2 aliphatic rings. The van der Waals surface area contributed by atoms with Gasteiger partial charge in [-0.1, -0.05) is 37.8 Å². The maximum absolute atomic E-state index is 12.5. The largest absolute Gasteiger partial charge is 0.435 e. The van der Waals surface area contributed by atoms with Crippen molar-refractivity contribution in [3.05, 3.63) is 34.7 Å². The maximum Gasteiger partial charge on any atom is 0.387 e. The average Bonchev–Trinajstić information content (AvgIpc) is 3.31. The molecular formula is C21H24F2N2O4S. The van der Waals surface area contributed by atoms with Crippen molar-refractivity contribution >= 4 is 34.9 Å². The molecule has 30 heavy (non-hydrogen) atoms. The summed E-state index contributed by atoms with van der Waals surface area (Å²) in [6.07, 6.45) is 7.75. The summed E-state index contributed by atoms with van der Waals surface area (Å²) in [4.78, 5) is 37.9. The minimum Gasteiger partial charge on any atom is -0.435 e. The van der Waals surface area contributed by atoms with Gasteiger partial charge in [0.25, 0.3) is 11.1 Å². The Morgan fingerprint density at radius 2 is 1.93 bits per heavy atom. The van der Waals surface area contributed by atoms with Crippen LogP contribution < -0.4 is 10.1 Å². The lowest BCUT2D eigenvalue weighted by Crippen LogP contribution is -2.37. The highest BCUT2D eigenvalue weighted by Gasteiger charge is 2.34. The van der Waals surface area contributed by atoms with E-state index in [1.54, 1.807) is 0 Å². The Hall–Kier alpha value is -2.42. The Bertz CT molecular complexity index is 808. The highest BCUT2D eigenvalue weighted by atomic mass is 32.2. The third-order valence-corrected chi connectivity index (χ3v) is 6.10. The molecule has 2 fully saturated rings. The molecule has 162 valence electrons. The number of alkyl halides is 2. The van der Waals surface area contributed by atoms with Gasteiger partial charge in [-0.2, -0.15) is 8.78 Å². The second kappa shape index (κ2) is 10.6. The number of carbonyl (C=O) groups excluding carboxylic acids is 3. The van der Waals surface area contributed by atoms with Gasteiger partial charge in [-0.15, -0.1) is 0 Å². The fourth-order valence-corrected chi connectivity index (χ4v) is 4.48. The Morgan fingerprint density at radius 3 is 2.60 bits per heavy atom. The first-order valence-electron chi connectivity index (χ1n) is 9.99. The first-order chi connectivity index (χ1) is 14.4. The van der Waals surface area contributed by atoms with Gasteiger partial charge in [0.2, 0.25) is 5.91 Å². The van der Waals surface area contributed by atoms with E-state index in [9.17, 15) is 23.2 Å². The second-order valence-electron chi connectivity index (χ2n) is 7.32. The molecule has 0 aromatic heterocycles. The van der Waals surface area contributed by atoms with Gasteiger partial charge in [-0.25, -0.2) is 0 Å². The maximum atomic E-state index is 12.5. The number of amides is 3. The van der Waals surface area contributed by atoms with Gasteiger partial charge in [0.15, 0.2) is 0 Å². The van der Waals surface area contributed by atoms with Crippen LogP contribution in [0.2, 0.25) is 0 Å². The summed E-state index contributed by atoms with van der Waals surface area (Å²) >= 11 is 0.812. The summed E-state index contributed by atoms with van der Waals surface area (Å²) in [5.74, 6) is 0.158. The average molecular weight is 438 g/mol. The van der Waals surface area contributed by atoms with Crippen LogP contribution in [0.15, 0.2) is 29.2 Å². The van der Waals surface area contributed by atoms with Crippen LogP contribution in [0.4, 0.5) is 13.6 Å². The van der Waals surface area contributed by atoms with Crippen LogP contribution in [0, 0.1) is 5.92 Å². The molecule has 1 aliphatic carbocycles. The molecule has 1 heterocycles. The van der Waals surface area contributed by atoms with Crippen molar-refractivity contribution in [1.29, 1.82) is 0 Å². The monoisotopic (exact) mass is 438 g/mol. The predicted octanol–water partition coefficient (Wildman–Crippen LogP) is 4.41. The summed E-state index contributed by atoms with van der Waals surface area (Å²) in [6, 6.07) is 5.78. The summed E-state index contributed by atoms with van der Waals surface area (Å²) < 4.78 is 28.7. The Morgan fingerprint density at radius 1 is 1.23 bits per heavy atom. The normalized spacial score (nSPS) is 18.6. The van der Waals surface area contributed by atoms with Crippen molar-refractivity contribution in [2.45, 2.75) is 45.1 Å². The van der Waals surface area contributed by atoms with Crippen LogP contribution in [0.5, 0.6) is 5.75 Å². The number of benzene rings is 1. The number of ether oxygens (including phenoxy) is 1. The van der Waals surface area contributed by atoms with Crippen LogP contribution >= 0.6 is 11.8 Å². The van der Waals surface area contributed by atoms with E-state index >= 15 is 0 Å². The van der Waals surface area contributed by atoms with Gasteiger partial charge in [-0.05, 0) is 47.9 Å². The van der Waals surface area contributed by atoms with E-state index < -0.39 is 17.8 Å². The smallest absolute Gasteiger partial charge is 0.387 e. The van der Waals surface area contributed by atoms with Crippen molar-refractivity contribution in [3.8, 4) is 5.75 Å². The fourth-order valence-electron chi connectivity index (χ4n) is 3.62. The topological polar surface area (TPSA) is 75.7 Å². The number of hydrogen-bond donors (Lipinski definition) is 1. The van der Waals surface area contributed by atoms with E-state index in [0.29, 0.717) is 17.9 Å². The van der Waals surface area contributed by atoms with Crippen LogP contribution in [0.1, 0.15) is 44.1 Å². The fraction of sp³-hybridized carbons (Fsp3) is 0.476. The standard InChI is InChI=1S/C21H24F2N2O4S/c22-20(23)29-16-8-5-15(6-9-16)13-17-19(27)25(21(28)30-17)12-11-24-18(26)10-7-14-3-1-2-4-14/h5-6,8-9,13-14,20H,1-4,7,10-12H2,(H,24,26)/b17-13-. The van der Waals surface area contributed by atoms with Crippen molar-refractivity contribution in [2.75, 3.05) is 13.1 Å². The molecule has 3 rings (SSSR count). The zero-order valence-electron chi connectivity index (χ0n) is 16.4. The number of thioether (sulfide) groups is 1. The van der Waals surface area contributed by atoms with Gasteiger partial charge >= 0.3 is 6.61 Å². The van der Waals surface area contributed by atoms with Crippen LogP contribution in [-0.4, -0.2) is 41.7 Å². The summed E-state index contributed by atoms with van der Waals surface area (Å²) in [6.45, 7) is -2.58. The third-order valence-electron chi connectivity index (χ3n) is 5.19. The van der Waals surface area contributed by atoms with Gasteiger partial charge < -0.3 is 10.1 Å². The minimum atomic E-state index is -2.91. The third kappa shape index (κ3) is 6.29. The van der Waals surface area contributed by atoms with Gasteiger partial charge in [0.05, 0.1) is 4.91 Å². The number of hydrogen-bond acceptors (Lipinski definition) is 5. The molecule has 0 radical (unpaired) electrons. The number of imide groups is 1. The minimum absolute atomic E-state index is 0.0129. The van der Waals surface area contributed by atoms with E-state index in [-0.39, 0.29) is 29.7 Å². The van der Waals surface area contributed by atoms with Crippen LogP contribution in [-0.2, 0) is 9.59 Å². The lowest BCUT2D eigenvalue weighted by Gasteiger charge is -2.13. The quantitative estimate of drug-likeness (QED) is 0.578. The van der Waals surface area contributed by atoms with Gasteiger partial charge in [0, 0.05) is 19.5 Å². The number of rotatable bonds is 9. The van der Waals surface area contributed by atoms with E-state index in [1.807, 2.05) is 0 Å². The Balaban J connectivity index is 1.46. The van der Waals surface area contributed by atoms with Crippen molar-refractivity contribution < 1.29 is 27.9 Å². The predicted molar refractivity (Wildman–Crippen MR) is 110 cm³/mol. The first kappa shape index (κ1) is 22.3. The summed E-state index contributed by atoms with van der Waals surface area (Å²) in [7, 11) is 0. The highest BCUT2D eigenvalue weighted by Crippen LogP contribution is 2.32. The first-order valence-corrected chi connectivity index (χ1v) is 10.8. The summed E-state index contributed by atoms with van der Waals surface area (Å²) in [5.41, 5.74) is 0.585. The van der Waals surface area contributed by atoms with Crippen molar-refractivity contribution in [2.24, 2.45) is 5.92 Å². The van der Waals surface area contributed by atoms with E-state index in [0.717, 1.165) is 23.1 Å². The molecule has 0 bridgehead atoms. The zero-order chi connectivity index (χ0) is 21.5. The lowest BCUT2D eigenvalue weighted by atomic mass is 10.0. The van der Waals surface area contributed by atoms with Gasteiger partial charge in [-0.3, -0.25) is 19.3 Å². The number of halogens is 2. The van der Waals surface area contributed by atoms with E-state index in [2.05, 4.69) is 10.1 Å². The molecule has 1 saturated carbocycles. The highest BCUT2D eigenvalue weighted by molar-refractivity contribution is 8.18. The molecule has 0 atom stereocenters. The molecule has 9 heteroatoms. The van der Waals surface area contributed by atoms with Crippen LogP contribution in [0.25, 0.3) is 6.08 Å². The second-order valence-corrected chi connectivity index (χ2v) is 8.31. The SMILES string of the molecule is O=C(CCC1CCCC1)NCCN1C(=O)S/C(=C\c2ccc(OC(F)F)cc2)C1=O. The molecule has 3 amide bonds. The Kier molecular flexibility index (Phi) is 7.84. The number of nitrogens with zero attached hydrogens (tertiary/aromatic N) is 1. The molecule has 1 saturated heterocycles. The van der Waals surface area contributed by atoms with Crippen molar-refractivity contribution in [1.82, 2.24) is 10.2 Å².